The second-order valence-corrected chi connectivity index (χ2v) is 3.40. The summed E-state index contributed by atoms with van der Waals surface area (Å²) in [6.07, 6.45) is 1.40. The maximum Gasteiger partial charge on any atom is 0.318 e. The predicted molar refractivity (Wildman–Crippen MR) is 43.7 cm³/mol. The molecule has 0 aromatic carbocycles. The van der Waals surface area contributed by atoms with Gasteiger partial charge in [0.25, 0.3) is 0 Å². The van der Waals surface area contributed by atoms with Crippen LogP contribution in [0.5, 0.6) is 0 Å². The lowest BCUT2D eigenvalue weighted by atomic mass is 10.5. The Balaban J connectivity index is 2.47. The van der Waals surface area contributed by atoms with Gasteiger partial charge in [-0.2, -0.15) is 5.10 Å². The number of H-pyrrole nitrogens is 1. The highest BCUT2D eigenvalue weighted by Crippen LogP contribution is 2.18. The molecule has 6 heteroatoms. The molecule has 1 aromatic rings. The Bertz CT molecular complexity index is 249. The fraction of sp³-hybridized carbons (Fsp3) is 0.500. The van der Waals surface area contributed by atoms with Crippen LogP contribution in [0.25, 0.3) is 0 Å². The number of rotatable bonds is 3. The van der Waals surface area contributed by atoms with E-state index in [9.17, 15) is 4.79 Å². The number of ether oxygens (including phenoxy) is 1. The third-order valence-electron chi connectivity index (χ3n) is 1.21. The molecule has 1 N–H and O–H groups in total. The average molecular weight is 187 g/mol. The van der Waals surface area contributed by atoms with Gasteiger partial charge in [0.1, 0.15) is 11.6 Å². The van der Waals surface area contributed by atoms with Crippen molar-refractivity contribution >= 4 is 17.7 Å². The molecule has 0 fully saturated rings. The molecule has 0 bridgehead atoms. The van der Waals surface area contributed by atoms with Crippen LogP contribution in [0, 0.1) is 0 Å². The fourth-order valence-electron chi connectivity index (χ4n) is 0.633. The lowest BCUT2D eigenvalue weighted by Crippen LogP contribution is -2.14. The van der Waals surface area contributed by atoms with Gasteiger partial charge in [-0.25, -0.2) is 4.98 Å². The first kappa shape index (κ1) is 9.05. The molecule has 5 nitrogen and oxygen atoms in total. The summed E-state index contributed by atoms with van der Waals surface area (Å²) in [6, 6.07) is 0. The third-order valence-corrected chi connectivity index (χ3v) is 2.18. The lowest BCUT2D eigenvalue weighted by Gasteiger charge is -2.04. The van der Waals surface area contributed by atoms with E-state index in [-0.39, 0.29) is 11.2 Å². The van der Waals surface area contributed by atoms with Crippen molar-refractivity contribution in [2.24, 2.45) is 0 Å². The number of esters is 1. The summed E-state index contributed by atoms with van der Waals surface area (Å²) in [7, 11) is 1.36. The normalized spacial score (nSPS) is 12.5. The average Bonchev–Trinajstić information content (AvgIpc) is 2.55. The van der Waals surface area contributed by atoms with Gasteiger partial charge >= 0.3 is 5.97 Å². The molecule has 0 amide bonds. The number of carbonyl (C=O) groups excluding carboxylic acids is 1. The SMILES string of the molecule is COC(=O)[C@H](C)Sc1ncn[nH]1. The highest BCUT2D eigenvalue weighted by Gasteiger charge is 2.15. The van der Waals surface area contributed by atoms with Gasteiger partial charge in [0.2, 0.25) is 0 Å². The Morgan fingerprint density at radius 3 is 3.08 bits per heavy atom. The van der Waals surface area contributed by atoms with E-state index in [1.807, 2.05) is 0 Å². The number of nitrogens with one attached hydrogen (secondary N) is 1. The van der Waals surface area contributed by atoms with Crippen LogP contribution in [0.4, 0.5) is 0 Å². The molecule has 1 rings (SSSR count). The number of nitrogens with zero attached hydrogens (tertiary/aromatic N) is 2. The summed E-state index contributed by atoms with van der Waals surface area (Å²) in [5.74, 6) is -0.267. The van der Waals surface area contributed by atoms with Crippen molar-refractivity contribution in [2.75, 3.05) is 7.11 Å². The zero-order valence-corrected chi connectivity index (χ0v) is 7.59. The van der Waals surface area contributed by atoms with Gasteiger partial charge in [-0.05, 0) is 6.92 Å². The number of hydrogen-bond acceptors (Lipinski definition) is 5. The van der Waals surface area contributed by atoms with Crippen LogP contribution < -0.4 is 0 Å². The van der Waals surface area contributed by atoms with Crippen LogP contribution in [-0.4, -0.2) is 33.5 Å². The fourth-order valence-corrected chi connectivity index (χ4v) is 1.37. The Labute approximate surface area is 73.9 Å². The zero-order valence-electron chi connectivity index (χ0n) is 6.77. The van der Waals surface area contributed by atoms with E-state index in [0.717, 1.165) is 0 Å². The van der Waals surface area contributed by atoms with Crippen LogP contribution in [0.15, 0.2) is 11.5 Å². The van der Waals surface area contributed by atoms with Crippen LogP contribution in [0.2, 0.25) is 0 Å². The van der Waals surface area contributed by atoms with E-state index < -0.39 is 0 Å². The number of thioether (sulfide) groups is 1. The summed E-state index contributed by atoms with van der Waals surface area (Å²) >= 11 is 1.28. The van der Waals surface area contributed by atoms with E-state index in [0.29, 0.717) is 5.16 Å². The Hall–Kier alpha value is -1.04. The van der Waals surface area contributed by atoms with E-state index in [2.05, 4.69) is 19.9 Å². The minimum atomic E-state index is -0.267. The highest BCUT2D eigenvalue weighted by atomic mass is 32.2. The Morgan fingerprint density at radius 1 is 1.83 bits per heavy atom. The molecule has 1 atom stereocenters. The molecule has 12 heavy (non-hydrogen) atoms. The molecule has 1 heterocycles. The molecule has 0 aliphatic heterocycles. The molecule has 1 aromatic heterocycles. The number of carbonyl (C=O) groups is 1. The Morgan fingerprint density at radius 2 is 2.58 bits per heavy atom. The largest absolute Gasteiger partial charge is 0.468 e. The number of hydrogen-bond donors (Lipinski definition) is 1. The monoisotopic (exact) mass is 187 g/mol. The molecule has 66 valence electrons. The molecule has 0 aliphatic rings. The van der Waals surface area contributed by atoms with Crippen molar-refractivity contribution in [3.8, 4) is 0 Å². The lowest BCUT2D eigenvalue weighted by molar-refractivity contribution is -0.139. The first-order valence-corrected chi connectivity index (χ1v) is 4.22. The van der Waals surface area contributed by atoms with E-state index in [4.69, 9.17) is 0 Å². The number of methoxy groups -OCH3 is 1. The second-order valence-electron chi connectivity index (χ2n) is 2.07. The van der Waals surface area contributed by atoms with Gasteiger partial charge in [0.15, 0.2) is 5.16 Å². The maximum absolute atomic E-state index is 10.9. The van der Waals surface area contributed by atoms with Crippen molar-refractivity contribution in [1.82, 2.24) is 15.2 Å². The molecule has 0 unspecified atom stereocenters. The van der Waals surface area contributed by atoms with E-state index in [1.165, 1.54) is 25.2 Å². The minimum Gasteiger partial charge on any atom is -0.468 e. The number of aromatic amines is 1. The summed E-state index contributed by atoms with van der Waals surface area (Å²) in [5.41, 5.74) is 0. The van der Waals surface area contributed by atoms with Crippen molar-refractivity contribution in [1.29, 1.82) is 0 Å². The molecular formula is C6H9N3O2S. The van der Waals surface area contributed by atoms with Crippen molar-refractivity contribution < 1.29 is 9.53 Å². The first-order chi connectivity index (χ1) is 5.74. The van der Waals surface area contributed by atoms with Gasteiger partial charge in [-0.3, -0.25) is 9.89 Å². The molecule has 0 saturated heterocycles. The van der Waals surface area contributed by atoms with Crippen LogP contribution in [0.3, 0.4) is 0 Å². The maximum atomic E-state index is 10.9. The van der Waals surface area contributed by atoms with E-state index >= 15 is 0 Å². The zero-order chi connectivity index (χ0) is 8.97. The molecular weight excluding hydrogens is 178 g/mol. The highest BCUT2D eigenvalue weighted by molar-refractivity contribution is 8.00. The van der Waals surface area contributed by atoms with Crippen molar-refractivity contribution in [2.45, 2.75) is 17.3 Å². The van der Waals surface area contributed by atoms with Crippen molar-refractivity contribution in [3.05, 3.63) is 6.33 Å². The van der Waals surface area contributed by atoms with Gasteiger partial charge < -0.3 is 4.74 Å². The quantitative estimate of drug-likeness (QED) is 0.550. The summed E-state index contributed by atoms with van der Waals surface area (Å²) in [6.45, 7) is 1.75. The van der Waals surface area contributed by atoms with Gasteiger partial charge in [-0.1, -0.05) is 11.8 Å². The first-order valence-electron chi connectivity index (χ1n) is 3.34. The Kier molecular flexibility index (Phi) is 3.09. The van der Waals surface area contributed by atoms with Gasteiger partial charge in [0, 0.05) is 0 Å². The van der Waals surface area contributed by atoms with Crippen LogP contribution in [-0.2, 0) is 9.53 Å². The molecule has 0 saturated carbocycles. The number of aromatic nitrogens is 3. The smallest absolute Gasteiger partial charge is 0.318 e. The topological polar surface area (TPSA) is 67.9 Å². The minimum absolute atomic E-state index is 0.261. The molecule has 0 radical (unpaired) electrons. The standard InChI is InChI=1S/C6H9N3O2S/c1-4(5(10)11-2)12-6-7-3-8-9-6/h3-4H,1-2H3,(H,7,8,9)/t4-/m0/s1. The van der Waals surface area contributed by atoms with Crippen LogP contribution in [0.1, 0.15) is 6.92 Å². The molecule has 0 aliphatic carbocycles. The van der Waals surface area contributed by atoms with Gasteiger partial charge in [0.05, 0.1) is 7.11 Å². The van der Waals surface area contributed by atoms with Crippen molar-refractivity contribution in [3.63, 3.8) is 0 Å². The second kappa shape index (κ2) is 4.10. The molecule has 0 spiro atoms. The summed E-state index contributed by atoms with van der Waals surface area (Å²) < 4.78 is 4.54. The summed E-state index contributed by atoms with van der Waals surface area (Å²) in [4.78, 5) is 14.8. The third kappa shape index (κ3) is 2.23. The predicted octanol–water partition coefficient (Wildman–Crippen LogP) is 0.458. The van der Waals surface area contributed by atoms with E-state index in [1.54, 1.807) is 6.92 Å². The summed E-state index contributed by atoms with van der Waals surface area (Å²) in [5, 5.41) is 6.65. The van der Waals surface area contributed by atoms with Gasteiger partial charge in [-0.15, -0.1) is 0 Å². The van der Waals surface area contributed by atoms with Crippen LogP contribution >= 0.6 is 11.8 Å².